The number of hydrogen-bond acceptors (Lipinski definition) is 4. The normalized spacial score (nSPS) is 19.9. The molecule has 108 valence electrons. The third kappa shape index (κ3) is 2.97. The maximum atomic E-state index is 10.4. The van der Waals surface area contributed by atoms with E-state index in [9.17, 15) is 4.79 Å². The van der Waals surface area contributed by atoms with E-state index in [0.717, 1.165) is 5.46 Å². The molecule has 0 spiro atoms. The van der Waals surface area contributed by atoms with Crippen molar-refractivity contribution in [3.63, 3.8) is 0 Å². The Morgan fingerprint density at radius 3 is 2.10 bits per heavy atom. The van der Waals surface area contributed by atoms with Gasteiger partial charge in [-0.25, -0.2) is 4.79 Å². The first-order valence-electron chi connectivity index (χ1n) is 6.51. The standard InChI is InChI=1S/C14H19BO5/c1-13(2)14(3,4)20-15(19-13)10-5-7-11(8-6-10)18-9-12(16)17/h5-8H,9H2,1-4H3,(H,16,17). The molecule has 1 N–H and O–H groups in total. The Balaban J connectivity index is 2.06. The number of hydrogen-bond donors (Lipinski definition) is 1. The summed E-state index contributed by atoms with van der Waals surface area (Å²) in [4.78, 5) is 10.4. The highest BCUT2D eigenvalue weighted by Gasteiger charge is 2.51. The minimum absolute atomic E-state index is 0.351. The van der Waals surface area contributed by atoms with Gasteiger partial charge in [0.25, 0.3) is 0 Å². The molecule has 5 nitrogen and oxygen atoms in total. The fourth-order valence-electron chi connectivity index (χ4n) is 1.85. The smallest absolute Gasteiger partial charge is 0.482 e. The predicted octanol–water partition coefficient (Wildman–Crippen LogP) is 1.45. The predicted molar refractivity (Wildman–Crippen MR) is 75.3 cm³/mol. The molecule has 0 saturated carbocycles. The summed E-state index contributed by atoms with van der Waals surface area (Å²) >= 11 is 0. The summed E-state index contributed by atoms with van der Waals surface area (Å²) in [6.07, 6.45) is 0. The summed E-state index contributed by atoms with van der Waals surface area (Å²) in [6.45, 7) is 7.64. The molecule has 0 aromatic heterocycles. The van der Waals surface area contributed by atoms with Crippen LogP contribution in [0.15, 0.2) is 24.3 Å². The molecule has 0 atom stereocenters. The van der Waals surface area contributed by atoms with E-state index in [2.05, 4.69) is 0 Å². The van der Waals surface area contributed by atoms with Crippen LogP contribution >= 0.6 is 0 Å². The Labute approximate surface area is 119 Å². The van der Waals surface area contributed by atoms with Crippen molar-refractivity contribution in [2.24, 2.45) is 0 Å². The minimum Gasteiger partial charge on any atom is -0.482 e. The van der Waals surface area contributed by atoms with E-state index in [4.69, 9.17) is 19.2 Å². The van der Waals surface area contributed by atoms with Gasteiger partial charge in [0.1, 0.15) is 5.75 Å². The number of aliphatic carboxylic acids is 1. The molecular formula is C14H19BO5. The molecule has 6 heteroatoms. The highest BCUT2D eigenvalue weighted by atomic mass is 16.7. The summed E-state index contributed by atoms with van der Waals surface area (Å²) in [5, 5.41) is 8.55. The lowest BCUT2D eigenvalue weighted by Gasteiger charge is -2.32. The van der Waals surface area contributed by atoms with Crippen LogP contribution in [0.3, 0.4) is 0 Å². The van der Waals surface area contributed by atoms with Gasteiger partial charge in [-0.3, -0.25) is 0 Å². The summed E-state index contributed by atoms with van der Waals surface area (Å²) in [6, 6.07) is 7.06. The van der Waals surface area contributed by atoms with Crippen molar-refractivity contribution in [3.05, 3.63) is 24.3 Å². The Hall–Kier alpha value is -1.53. The topological polar surface area (TPSA) is 65.0 Å². The van der Waals surface area contributed by atoms with Crippen LogP contribution in [-0.4, -0.2) is 36.0 Å². The molecule has 1 aliphatic heterocycles. The molecule has 0 bridgehead atoms. The Kier molecular flexibility index (Phi) is 3.80. The summed E-state index contributed by atoms with van der Waals surface area (Å²) in [7, 11) is -0.423. The van der Waals surface area contributed by atoms with Gasteiger partial charge >= 0.3 is 13.1 Å². The van der Waals surface area contributed by atoms with Gasteiger partial charge in [-0.15, -0.1) is 0 Å². The molecule has 0 amide bonds. The monoisotopic (exact) mass is 278 g/mol. The molecule has 1 saturated heterocycles. The van der Waals surface area contributed by atoms with Gasteiger partial charge in [0.05, 0.1) is 11.2 Å². The quantitative estimate of drug-likeness (QED) is 0.844. The highest BCUT2D eigenvalue weighted by Crippen LogP contribution is 2.36. The average molecular weight is 278 g/mol. The van der Waals surface area contributed by atoms with Crippen molar-refractivity contribution in [2.45, 2.75) is 38.9 Å². The van der Waals surface area contributed by atoms with E-state index >= 15 is 0 Å². The number of carboxylic acids is 1. The molecule has 0 unspecified atom stereocenters. The second kappa shape index (κ2) is 5.11. The molecular weight excluding hydrogens is 259 g/mol. The van der Waals surface area contributed by atoms with E-state index in [0.29, 0.717) is 5.75 Å². The third-order valence-corrected chi connectivity index (χ3v) is 3.77. The van der Waals surface area contributed by atoms with Crippen LogP contribution in [0.4, 0.5) is 0 Å². The zero-order valence-electron chi connectivity index (χ0n) is 12.2. The number of ether oxygens (including phenoxy) is 1. The SMILES string of the molecule is CC1(C)OB(c2ccc(OCC(=O)O)cc2)OC1(C)C. The Morgan fingerprint density at radius 1 is 1.15 bits per heavy atom. The summed E-state index contributed by atoms with van der Waals surface area (Å²) in [5.41, 5.74) is 0.123. The minimum atomic E-state index is -1.000. The fourth-order valence-corrected chi connectivity index (χ4v) is 1.85. The third-order valence-electron chi connectivity index (χ3n) is 3.77. The van der Waals surface area contributed by atoms with Gasteiger partial charge in [-0.05, 0) is 45.3 Å². The molecule has 20 heavy (non-hydrogen) atoms. The molecule has 1 aromatic rings. The lowest BCUT2D eigenvalue weighted by Crippen LogP contribution is -2.41. The van der Waals surface area contributed by atoms with E-state index in [-0.39, 0.29) is 17.8 Å². The van der Waals surface area contributed by atoms with Gasteiger partial charge in [-0.2, -0.15) is 0 Å². The lowest BCUT2D eigenvalue weighted by atomic mass is 9.79. The number of carboxylic acid groups (broad SMARTS) is 1. The molecule has 0 radical (unpaired) electrons. The number of rotatable bonds is 4. The average Bonchev–Trinajstić information content (AvgIpc) is 2.56. The van der Waals surface area contributed by atoms with E-state index in [1.54, 1.807) is 12.1 Å². The largest absolute Gasteiger partial charge is 0.494 e. The van der Waals surface area contributed by atoms with Crippen LogP contribution < -0.4 is 10.2 Å². The summed E-state index contributed by atoms with van der Waals surface area (Å²) < 4.78 is 16.9. The van der Waals surface area contributed by atoms with Crippen LogP contribution in [-0.2, 0) is 14.1 Å². The van der Waals surface area contributed by atoms with Crippen LogP contribution in [0.1, 0.15) is 27.7 Å². The second-order valence-corrected chi connectivity index (χ2v) is 5.84. The van der Waals surface area contributed by atoms with Gasteiger partial charge in [0, 0.05) is 0 Å². The van der Waals surface area contributed by atoms with Crippen LogP contribution in [0.2, 0.25) is 0 Å². The molecule has 1 fully saturated rings. The van der Waals surface area contributed by atoms with Crippen LogP contribution in [0.5, 0.6) is 5.75 Å². The first kappa shape index (κ1) is 14.9. The number of benzene rings is 1. The zero-order chi connectivity index (χ0) is 15.0. The Bertz CT molecular complexity index is 479. The van der Waals surface area contributed by atoms with Crippen molar-refractivity contribution in [1.82, 2.24) is 0 Å². The van der Waals surface area contributed by atoms with E-state index < -0.39 is 13.1 Å². The number of carbonyl (C=O) groups is 1. The van der Waals surface area contributed by atoms with Gasteiger partial charge < -0.3 is 19.2 Å². The van der Waals surface area contributed by atoms with Crippen molar-refractivity contribution in [2.75, 3.05) is 6.61 Å². The Morgan fingerprint density at radius 2 is 1.65 bits per heavy atom. The first-order chi connectivity index (χ1) is 9.21. The first-order valence-corrected chi connectivity index (χ1v) is 6.51. The van der Waals surface area contributed by atoms with Crippen LogP contribution in [0.25, 0.3) is 0 Å². The van der Waals surface area contributed by atoms with Crippen molar-refractivity contribution in [1.29, 1.82) is 0 Å². The summed E-state index contributed by atoms with van der Waals surface area (Å²) in [5.74, 6) is -0.493. The van der Waals surface area contributed by atoms with Gasteiger partial charge in [0.2, 0.25) is 0 Å². The molecule has 1 aromatic carbocycles. The lowest BCUT2D eigenvalue weighted by molar-refractivity contribution is -0.139. The molecule has 1 heterocycles. The van der Waals surface area contributed by atoms with E-state index in [1.165, 1.54) is 0 Å². The fraction of sp³-hybridized carbons (Fsp3) is 0.500. The molecule has 1 aliphatic rings. The maximum Gasteiger partial charge on any atom is 0.494 e. The van der Waals surface area contributed by atoms with Crippen molar-refractivity contribution < 1.29 is 23.9 Å². The van der Waals surface area contributed by atoms with Crippen LogP contribution in [0, 0.1) is 0 Å². The van der Waals surface area contributed by atoms with Gasteiger partial charge in [0.15, 0.2) is 6.61 Å². The molecule has 0 aliphatic carbocycles. The van der Waals surface area contributed by atoms with Crippen molar-refractivity contribution in [3.8, 4) is 5.75 Å². The second-order valence-electron chi connectivity index (χ2n) is 5.84. The van der Waals surface area contributed by atoms with Gasteiger partial charge in [-0.1, -0.05) is 12.1 Å². The molecule has 2 rings (SSSR count). The van der Waals surface area contributed by atoms with E-state index in [1.807, 2.05) is 39.8 Å². The van der Waals surface area contributed by atoms with Crippen molar-refractivity contribution >= 4 is 18.6 Å². The maximum absolute atomic E-state index is 10.4. The zero-order valence-corrected chi connectivity index (χ0v) is 12.2. The highest BCUT2D eigenvalue weighted by molar-refractivity contribution is 6.62.